The molecular weight excluding hydrogens is 345 g/mol. The van der Waals surface area contributed by atoms with Gasteiger partial charge in [-0.25, -0.2) is 0 Å². The molecule has 0 aliphatic carbocycles. The van der Waals surface area contributed by atoms with E-state index >= 15 is 0 Å². The number of carbonyl (C=O) groups excluding carboxylic acids is 1. The average Bonchev–Trinajstić information content (AvgIpc) is 3.19. The average molecular weight is 362 g/mol. The first-order valence-electron chi connectivity index (χ1n) is 8.02. The monoisotopic (exact) mass is 362 g/mol. The molecule has 4 nitrogen and oxygen atoms in total. The summed E-state index contributed by atoms with van der Waals surface area (Å²) in [6.07, 6.45) is 0.902. The van der Waals surface area contributed by atoms with Crippen molar-refractivity contribution in [3.63, 3.8) is 0 Å². The second-order valence-corrected chi connectivity index (χ2v) is 5.76. The topological polar surface area (TPSA) is 47.2 Å². The number of halogens is 3. The number of amides is 1. The highest BCUT2D eigenvalue weighted by atomic mass is 19.4. The van der Waals surface area contributed by atoms with Crippen LogP contribution in [0.4, 0.5) is 13.2 Å². The van der Waals surface area contributed by atoms with E-state index < -0.39 is 11.7 Å². The number of rotatable bonds is 5. The zero-order valence-corrected chi connectivity index (χ0v) is 14.0. The number of nitrogens with zero attached hydrogens (tertiary/aromatic N) is 1. The molecule has 0 atom stereocenters. The van der Waals surface area contributed by atoms with Gasteiger partial charge in [-0.3, -0.25) is 4.79 Å². The first-order valence-corrected chi connectivity index (χ1v) is 8.02. The van der Waals surface area contributed by atoms with Crippen LogP contribution in [-0.4, -0.2) is 10.5 Å². The molecule has 0 unspecified atom stereocenters. The minimum absolute atomic E-state index is 0.00108. The van der Waals surface area contributed by atoms with Gasteiger partial charge in [0.2, 0.25) is 0 Å². The fraction of sp³-hybridized carbons (Fsp3) is 0.211. The number of nitrogens with one attached hydrogen (secondary N) is 1. The van der Waals surface area contributed by atoms with Crippen molar-refractivity contribution >= 4 is 17.0 Å². The number of alkyl halides is 3. The van der Waals surface area contributed by atoms with Crippen LogP contribution in [0.15, 0.2) is 59.2 Å². The van der Waals surface area contributed by atoms with Crippen LogP contribution < -0.4 is 5.32 Å². The van der Waals surface area contributed by atoms with Gasteiger partial charge in [0.1, 0.15) is 5.69 Å². The summed E-state index contributed by atoms with van der Waals surface area (Å²) in [4.78, 5) is 12.5. The number of benzene rings is 1. The number of hydrogen-bond acceptors (Lipinski definition) is 2. The predicted octanol–water partition coefficient (Wildman–Crippen LogP) is 4.76. The largest absolute Gasteiger partial charge is 0.463 e. The summed E-state index contributed by atoms with van der Waals surface area (Å²) in [5.41, 5.74) is 1.40. The summed E-state index contributed by atoms with van der Waals surface area (Å²) in [5.74, 6) is -0.377. The van der Waals surface area contributed by atoms with E-state index in [-0.39, 0.29) is 12.5 Å². The Kier molecular flexibility index (Phi) is 4.88. The van der Waals surface area contributed by atoms with Crippen LogP contribution in [0, 0.1) is 0 Å². The molecule has 0 saturated heterocycles. The normalized spacial score (nSPS) is 12.2. The van der Waals surface area contributed by atoms with Gasteiger partial charge in [-0.05, 0) is 24.6 Å². The van der Waals surface area contributed by atoms with Gasteiger partial charge < -0.3 is 14.3 Å². The molecule has 7 heteroatoms. The van der Waals surface area contributed by atoms with Crippen molar-refractivity contribution in [2.75, 3.05) is 0 Å². The lowest BCUT2D eigenvalue weighted by atomic mass is 10.1. The highest BCUT2D eigenvalue weighted by Gasteiger charge is 2.30. The van der Waals surface area contributed by atoms with Crippen LogP contribution in [0.5, 0.6) is 0 Å². The zero-order valence-electron chi connectivity index (χ0n) is 14.0. The second-order valence-electron chi connectivity index (χ2n) is 5.76. The Labute approximate surface area is 147 Å². The molecule has 3 aromatic rings. The fourth-order valence-corrected chi connectivity index (χ4v) is 2.70. The molecule has 0 aliphatic rings. The lowest BCUT2D eigenvalue weighted by Gasteiger charge is -2.11. The molecule has 0 spiro atoms. The van der Waals surface area contributed by atoms with Crippen LogP contribution in [0.3, 0.4) is 0 Å². The van der Waals surface area contributed by atoms with Crippen molar-refractivity contribution in [2.45, 2.75) is 26.2 Å². The van der Waals surface area contributed by atoms with Gasteiger partial charge in [0.15, 0.2) is 5.58 Å². The van der Waals surface area contributed by atoms with Gasteiger partial charge in [-0.2, -0.15) is 13.2 Å². The Hall–Kier alpha value is -2.96. The van der Waals surface area contributed by atoms with Gasteiger partial charge in [0.25, 0.3) is 5.91 Å². The maximum Gasteiger partial charge on any atom is 0.416 e. The molecule has 0 aliphatic heterocycles. The molecule has 1 N–H and O–H groups in total. The summed E-state index contributed by atoms with van der Waals surface area (Å²) < 4.78 is 45.5. The minimum Gasteiger partial charge on any atom is -0.463 e. The van der Waals surface area contributed by atoms with Gasteiger partial charge in [-0.1, -0.05) is 24.3 Å². The third-order valence-corrected chi connectivity index (χ3v) is 3.99. The van der Waals surface area contributed by atoms with Crippen LogP contribution in [0.25, 0.3) is 11.1 Å². The van der Waals surface area contributed by atoms with Gasteiger partial charge >= 0.3 is 6.18 Å². The van der Waals surface area contributed by atoms with Crippen molar-refractivity contribution < 1.29 is 22.4 Å². The molecular formula is C19H17F3N2O2. The molecule has 2 heterocycles. The Balaban J connectivity index is 1.78. The standard InChI is InChI=1S/C19H17F3N2O2/c1-2-3-8-24-15-7-9-26-17(15)11-16(24)18(25)23-12-13-5-4-6-14(10-13)19(20,21)22/h2-7,9-11H,8,12H2,1H3,(H,23,25)/b3-2-. The molecule has 1 amide bonds. The number of carbonyl (C=O) groups is 1. The fourth-order valence-electron chi connectivity index (χ4n) is 2.70. The third-order valence-electron chi connectivity index (χ3n) is 3.99. The molecule has 136 valence electrons. The van der Waals surface area contributed by atoms with Crippen LogP contribution >= 0.6 is 0 Å². The molecule has 3 rings (SSSR count). The summed E-state index contributed by atoms with van der Waals surface area (Å²) >= 11 is 0. The second kappa shape index (κ2) is 7.11. The number of fused-ring (bicyclic) bond motifs is 1. The van der Waals surface area contributed by atoms with E-state index in [0.29, 0.717) is 23.4 Å². The summed E-state index contributed by atoms with van der Waals surface area (Å²) in [7, 11) is 0. The number of aromatic nitrogens is 1. The first-order chi connectivity index (χ1) is 12.4. The van der Waals surface area contributed by atoms with Crippen molar-refractivity contribution in [3.8, 4) is 0 Å². The number of hydrogen-bond donors (Lipinski definition) is 1. The van der Waals surface area contributed by atoms with Crippen molar-refractivity contribution in [3.05, 3.63) is 71.6 Å². The molecule has 0 saturated carbocycles. The van der Waals surface area contributed by atoms with Crippen molar-refractivity contribution in [1.82, 2.24) is 9.88 Å². The Morgan fingerprint density at radius 3 is 2.81 bits per heavy atom. The molecule has 0 radical (unpaired) electrons. The SMILES string of the molecule is C/C=C\Cn1c(C(=O)NCc2cccc(C(F)(F)F)c2)cc2occc21. The quantitative estimate of drug-likeness (QED) is 0.665. The number of furan rings is 1. The minimum atomic E-state index is -4.41. The van der Waals surface area contributed by atoms with E-state index in [4.69, 9.17) is 4.42 Å². The maximum atomic E-state index is 12.8. The summed E-state index contributed by atoms with van der Waals surface area (Å²) in [6.45, 7) is 2.37. The van der Waals surface area contributed by atoms with Crippen LogP contribution in [0.1, 0.15) is 28.5 Å². The van der Waals surface area contributed by atoms with E-state index in [9.17, 15) is 18.0 Å². The maximum absolute atomic E-state index is 12.8. The molecule has 0 bridgehead atoms. The summed E-state index contributed by atoms with van der Waals surface area (Å²) in [5, 5.41) is 2.67. The molecule has 26 heavy (non-hydrogen) atoms. The molecule has 0 fully saturated rings. The van der Waals surface area contributed by atoms with E-state index in [1.54, 1.807) is 29.0 Å². The first kappa shape index (κ1) is 17.8. The highest BCUT2D eigenvalue weighted by Crippen LogP contribution is 2.29. The van der Waals surface area contributed by atoms with Gasteiger partial charge in [0, 0.05) is 25.2 Å². The predicted molar refractivity (Wildman–Crippen MR) is 91.6 cm³/mol. The Morgan fingerprint density at radius 2 is 2.08 bits per heavy atom. The zero-order chi connectivity index (χ0) is 18.7. The van der Waals surface area contributed by atoms with E-state index in [0.717, 1.165) is 17.6 Å². The van der Waals surface area contributed by atoms with E-state index in [1.165, 1.54) is 6.07 Å². The molecule has 1 aromatic carbocycles. The molecule has 2 aromatic heterocycles. The van der Waals surface area contributed by atoms with Crippen molar-refractivity contribution in [2.24, 2.45) is 0 Å². The van der Waals surface area contributed by atoms with Crippen LogP contribution in [0.2, 0.25) is 0 Å². The van der Waals surface area contributed by atoms with Crippen molar-refractivity contribution in [1.29, 1.82) is 0 Å². The Bertz CT molecular complexity index is 951. The van der Waals surface area contributed by atoms with Crippen LogP contribution in [-0.2, 0) is 19.3 Å². The number of allylic oxidation sites excluding steroid dienone is 2. The van der Waals surface area contributed by atoms with Gasteiger partial charge in [0.05, 0.1) is 17.3 Å². The third kappa shape index (κ3) is 3.66. The van der Waals surface area contributed by atoms with Gasteiger partial charge in [-0.15, -0.1) is 0 Å². The highest BCUT2D eigenvalue weighted by molar-refractivity contribution is 5.97. The van der Waals surface area contributed by atoms with E-state index in [1.807, 2.05) is 19.1 Å². The smallest absolute Gasteiger partial charge is 0.416 e. The lowest BCUT2D eigenvalue weighted by Crippen LogP contribution is -2.25. The Morgan fingerprint density at radius 1 is 1.27 bits per heavy atom. The van der Waals surface area contributed by atoms with E-state index in [2.05, 4.69) is 5.32 Å². The lowest BCUT2D eigenvalue weighted by molar-refractivity contribution is -0.137. The summed E-state index contributed by atoms with van der Waals surface area (Å²) in [6, 6.07) is 8.29.